The molecule has 0 aliphatic carbocycles. The van der Waals surface area contributed by atoms with Gasteiger partial charge in [0.2, 0.25) is 0 Å². The molecule has 8 aromatic rings. The van der Waals surface area contributed by atoms with Crippen LogP contribution in [0.25, 0.3) is 76.5 Å². The number of aryl methyl sites for hydroxylation is 1. The molecular weight excluding hydrogens is 492 g/mol. The van der Waals surface area contributed by atoms with Gasteiger partial charge in [-0.15, -0.1) is 0 Å². The van der Waals surface area contributed by atoms with Gasteiger partial charge in [-0.2, -0.15) is 0 Å². The van der Waals surface area contributed by atoms with E-state index in [1.54, 1.807) is 0 Å². The Balaban J connectivity index is 1.54. The van der Waals surface area contributed by atoms with E-state index in [0.29, 0.717) is 0 Å². The molecule has 0 aromatic heterocycles. The monoisotopic (exact) mass is 520 g/mol. The number of fused-ring (bicyclic) bond motifs is 4. The average molecular weight is 521 g/mol. The van der Waals surface area contributed by atoms with E-state index in [0.717, 1.165) is 0 Å². The lowest BCUT2D eigenvalue weighted by molar-refractivity contribution is 1.47. The maximum Gasteiger partial charge on any atom is -0.00201 e. The fourth-order valence-electron chi connectivity index (χ4n) is 6.49. The summed E-state index contributed by atoms with van der Waals surface area (Å²) in [5, 5.41) is 10.2. The van der Waals surface area contributed by atoms with Gasteiger partial charge in [0.25, 0.3) is 0 Å². The smallest absolute Gasteiger partial charge is 0.00201 e. The zero-order chi connectivity index (χ0) is 27.3. The summed E-state index contributed by atoms with van der Waals surface area (Å²) in [7, 11) is 0. The molecule has 0 saturated heterocycles. The lowest BCUT2D eigenvalue weighted by Crippen LogP contribution is -1.92. The third kappa shape index (κ3) is 3.91. The summed E-state index contributed by atoms with van der Waals surface area (Å²) in [6.45, 7) is 2.14. The topological polar surface area (TPSA) is 0 Å². The zero-order valence-electron chi connectivity index (χ0n) is 22.9. The van der Waals surface area contributed by atoms with Crippen LogP contribution in [-0.4, -0.2) is 0 Å². The maximum absolute atomic E-state index is 2.41. The molecule has 0 aliphatic rings. The number of benzene rings is 8. The highest BCUT2D eigenvalue weighted by atomic mass is 14.2. The Morgan fingerprint density at radius 1 is 0.317 bits per heavy atom. The van der Waals surface area contributed by atoms with Gasteiger partial charge in [-0.05, 0) is 95.5 Å². The molecule has 0 bridgehead atoms. The molecule has 0 radical (unpaired) electrons. The van der Waals surface area contributed by atoms with Crippen LogP contribution in [0.4, 0.5) is 0 Å². The fourth-order valence-corrected chi connectivity index (χ4v) is 6.49. The summed E-state index contributed by atoms with van der Waals surface area (Å²) < 4.78 is 0. The third-order valence-corrected chi connectivity index (χ3v) is 8.51. The largest absolute Gasteiger partial charge is 0.0616 e. The summed E-state index contributed by atoms with van der Waals surface area (Å²) in [4.78, 5) is 0. The minimum atomic E-state index is 1.23. The van der Waals surface area contributed by atoms with E-state index in [1.807, 2.05) is 0 Å². The van der Waals surface area contributed by atoms with Crippen LogP contribution >= 0.6 is 0 Å². The first-order chi connectivity index (χ1) is 20.2. The normalized spacial score (nSPS) is 11.5. The van der Waals surface area contributed by atoms with Crippen molar-refractivity contribution in [2.24, 2.45) is 0 Å². The van der Waals surface area contributed by atoms with Crippen LogP contribution in [-0.2, 0) is 0 Å². The second kappa shape index (κ2) is 9.47. The van der Waals surface area contributed by atoms with Gasteiger partial charge in [-0.1, -0.05) is 145 Å². The molecule has 0 saturated carbocycles. The first kappa shape index (κ1) is 23.7. The molecule has 0 atom stereocenters. The van der Waals surface area contributed by atoms with Gasteiger partial charge >= 0.3 is 0 Å². The fraction of sp³-hybridized carbons (Fsp3) is 0.0244. The van der Waals surface area contributed by atoms with Crippen molar-refractivity contribution in [1.82, 2.24) is 0 Å². The van der Waals surface area contributed by atoms with Gasteiger partial charge in [-0.25, -0.2) is 0 Å². The van der Waals surface area contributed by atoms with Gasteiger partial charge in [0.15, 0.2) is 0 Å². The van der Waals surface area contributed by atoms with Crippen molar-refractivity contribution in [2.45, 2.75) is 6.92 Å². The number of hydrogen-bond acceptors (Lipinski definition) is 0. The average Bonchev–Trinajstić information content (AvgIpc) is 3.03. The second-order valence-electron chi connectivity index (χ2n) is 11.0. The van der Waals surface area contributed by atoms with Crippen LogP contribution in [0.1, 0.15) is 5.56 Å². The molecule has 41 heavy (non-hydrogen) atoms. The maximum atomic E-state index is 2.41. The summed E-state index contributed by atoms with van der Waals surface area (Å²) in [6.07, 6.45) is 0. The molecule has 0 heteroatoms. The minimum Gasteiger partial charge on any atom is -0.0616 e. The van der Waals surface area contributed by atoms with E-state index in [1.165, 1.54) is 82.0 Å². The van der Waals surface area contributed by atoms with E-state index >= 15 is 0 Å². The number of rotatable bonds is 3. The van der Waals surface area contributed by atoms with E-state index < -0.39 is 0 Å². The standard InChI is InChI=1S/C41H28/c1-27-17-19-29(20-18-27)32-23-24-38-39(26-32)40(33-22-21-28-9-2-3-11-31(28)25-33)36-14-6-7-15-37(36)41(38)35-16-8-12-30-10-4-5-13-34(30)35/h2-26H,1H3. The van der Waals surface area contributed by atoms with Crippen molar-refractivity contribution < 1.29 is 0 Å². The molecule has 0 spiro atoms. The Morgan fingerprint density at radius 2 is 0.902 bits per heavy atom. The highest BCUT2D eigenvalue weighted by Crippen LogP contribution is 2.46. The molecular formula is C41H28. The van der Waals surface area contributed by atoms with Crippen molar-refractivity contribution in [2.75, 3.05) is 0 Å². The Kier molecular flexibility index (Phi) is 5.47. The van der Waals surface area contributed by atoms with E-state index in [4.69, 9.17) is 0 Å². The van der Waals surface area contributed by atoms with E-state index in [2.05, 4.69) is 159 Å². The van der Waals surface area contributed by atoms with E-state index in [-0.39, 0.29) is 0 Å². The number of hydrogen-bond donors (Lipinski definition) is 0. The van der Waals surface area contributed by atoms with E-state index in [9.17, 15) is 0 Å². The Labute approximate surface area is 240 Å². The van der Waals surface area contributed by atoms with Crippen molar-refractivity contribution in [1.29, 1.82) is 0 Å². The van der Waals surface area contributed by atoms with Crippen molar-refractivity contribution in [3.63, 3.8) is 0 Å². The van der Waals surface area contributed by atoms with Gasteiger partial charge in [0, 0.05) is 0 Å². The molecule has 0 amide bonds. The molecule has 192 valence electrons. The molecule has 0 heterocycles. The summed E-state index contributed by atoms with van der Waals surface area (Å²) in [6, 6.07) is 55.8. The highest BCUT2D eigenvalue weighted by molar-refractivity contribution is 6.24. The van der Waals surface area contributed by atoms with Gasteiger partial charge in [0.05, 0.1) is 0 Å². The molecule has 0 nitrogen and oxygen atoms in total. The molecule has 8 rings (SSSR count). The third-order valence-electron chi connectivity index (χ3n) is 8.51. The van der Waals surface area contributed by atoms with Crippen LogP contribution in [0.5, 0.6) is 0 Å². The molecule has 0 unspecified atom stereocenters. The Hall–Kier alpha value is -5.20. The first-order valence-electron chi connectivity index (χ1n) is 14.3. The summed E-state index contributed by atoms with van der Waals surface area (Å²) in [5.74, 6) is 0. The SMILES string of the molecule is Cc1ccc(-c2ccc3c(-c4cccc5ccccc45)c4ccccc4c(-c4ccc5ccccc5c4)c3c2)cc1. The van der Waals surface area contributed by atoms with Crippen molar-refractivity contribution in [3.8, 4) is 33.4 Å². The second-order valence-corrected chi connectivity index (χ2v) is 11.0. The lowest BCUT2D eigenvalue weighted by atomic mass is 9.83. The molecule has 0 aliphatic heterocycles. The van der Waals surface area contributed by atoms with Crippen LogP contribution in [0.15, 0.2) is 152 Å². The Bertz CT molecular complexity index is 2250. The zero-order valence-corrected chi connectivity index (χ0v) is 22.9. The van der Waals surface area contributed by atoms with Crippen molar-refractivity contribution in [3.05, 3.63) is 157 Å². The van der Waals surface area contributed by atoms with Crippen LogP contribution in [0.3, 0.4) is 0 Å². The predicted molar refractivity (Wildman–Crippen MR) is 178 cm³/mol. The molecule has 0 fully saturated rings. The first-order valence-corrected chi connectivity index (χ1v) is 14.3. The lowest BCUT2D eigenvalue weighted by Gasteiger charge is -2.20. The Morgan fingerprint density at radius 3 is 1.71 bits per heavy atom. The highest BCUT2D eigenvalue weighted by Gasteiger charge is 2.19. The quantitative estimate of drug-likeness (QED) is 0.203. The van der Waals surface area contributed by atoms with Gasteiger partial charge < -0.3 is 0 Å². The van der Waals surface area contributed by atoms with Crippen LogP contribution < -0.4 is 0 Å². The van der Waals surface area contributed by atoms with Crippen LogP contribution in [0, 0.1) is 6.92 Å². The predicted octanol–water partition coefficient (Wildman–Crippen LogP) is 11.6. The minimum absolute atomic E-state index is 1.23. The van der Waals surface area contributed by atoms with Crippen LogP contribution in [0.2, 0.25) is 0 Å². The summed E-state index contributed by atoms with van der Waals surface area (Å²) in [5.41, 5.74) is 8.86. The van der Waals surface area contributed by atoms with Gasteiger partial charge in [-0.3, -0.25) is 0 Å². The summed E-state index contributed by atoms with van der Waals surface area (Å²) >= 11 is 0. The molecule has 0 N–H and O–H groups in total. The molecule has 8 aromatic carbocycles. The van der Waals surface area contributed by atoms with Gasteiger partial charge in [0.1, 0.15) is 0 Å². The van der Waals surface area contributed by atoms with Crippen molar-refractivity contribution >= 4 is 43.1 Å².